The Kier molecular flexibility index (Phi) is 6.04. The Morgan fingerprint density at radius 2 is 1.89 bits per heavy atom. The van der Waals surface area contributed by atoms with E-state index >= 15 is 0 Å². The molecule has 6 rings (SSSR count). The van der Waals surface area contributed by atoms with E-state index < -0.39 is 5.97 Å². The number of thioether (sulfide) groups is 1. The minimum Gasteiger partial charge on any atom is -0.465 e. The quantitative estimate of drug-likeness (QED) is 0.186. The van der Waals surface area contributed by atoms with Gasteiger partial charge in [0.15, 0.2) is 16.7 Å². The molecule has 0 radical (unpaired) electrons. The number of carbonyl (C=O) groups is 1. The van der Waals surface area contributed by atoms with E-state index in [1.807, 2.05) is 18.2 Å². The minimum absolute atomic E-state index is 0.151. The van der Waals surface area contributed by atoms with Gasteiger partial charge in [-0.05, 0) is 48.0 Å². The molecule has 11 heteroatoms. The van der Waals surface area contributed by atoms with Crippen molar-refractivity contribution in [2.45, 2.75) is 17.5 Å². The van der Waals surface area contributed by atoms with Crippen LogP contribution in [0.4, 0.5) is 0 Å². The van der Waals surface area contributed by atoms with Crippen LogP contribution in [0, 0.1) is 0 Å². The Morgan fingerprint density at radius 3 is 2.76 bits per heavy atom. The Balaban J connectivity index is 1.42. The molecule has 0 saturated heterocycles. The van der Waals surface area contributed by atoms with Gasteiger partial charge < -0.3 is 14.2 Å². The summed E-state index contributed by atoms with van der Waals surface area (Å²) in [6, 6.07) is 17.0. The largest absolute Gasteiger partial charge is 0.465 e. The van der Waals surface area contributed by atoms with Gasteiger partial charge in [0.25, 0.3) is 11.1 Å². The molecule has 2 aromatic carbocycles. The van der Waals surface area contributed by atoms with E-state index in [1.54, 1.807) is 41.1 Å². The van der Waals surface area contributed by atoms with E-state index in [9.17, 15) is 14.4 Å². The molecule has 10 nitrogen and oxygen atoms in total. The van der Waals surface area contributed by atoms with E-state index in [-0.39, 0.29) is 24.5 Å². The maximum Gasteiger partial charge on any atom is 0.337 e. The highest BCUT2D eigenvalue weighted by atomic mass is 32.2. The summed E-state index contributed by atoms with van der Waals surface area (Å²) in [5.41, 5.74) is 2.11. The fourth-order valence-corrected chi connectivity index (χ4v) is 5.12. The zero-order valence-electron chi connectivity index (χ0n) is 20.1. The molecule has 0 aliphatic carbocycles. The lowest BCUT2D eigenvalue weighted by Crippen LogP contribution is -2.24. The number of esters is 1. The lowest BCUT2D eigenvalue weighted by atomic mass is 10.1. The highest BCUT2D eigenvalue weighted by Gasteiger charge is 2.18. The van der Waals surface area contributed by atoms with Crippen LogP contribution < -0.4 is 20.6 Å². The first-order valence-electron chi connectivity index (χ1n) is 11.6. The third-order valence-corrected chi connectivity index (χ3v) is 7.10. The number of hydrogen-bond donors (Lipinski definition) is 0. The van der Waals surface area contributed by atoms with Gasteiger partial charge in [0.2, 0.25) is 6.79 Å². The molecule has 1 aliphatic rings. The molecule has 0 spiro atoms. The second-order valence-corrected chi connectivity index (χ2v) is 9.44. The first-order valence-corrected chi connectivity index (χ1v) is 12.6. The average Bonchev–Trinajstić information content (AvgIpc) is 3.41. The SMILES string of the molecule is COC(=O)c1ccc2c(=O)n(Cc3ccc4c(c3)OCO4)c(SCc3cc(=O)n4ccccc4n3)nc2c1. The second-order valence-electron chi connectivity index (χ2n) is 8.50. The van der Waals surface area contributed by atoms with Crippen LogP contribution in [0.25, 0.3) is 16.6 Å². The van der Waals surface area contributed by atoms with Gasteiger partial charge in [-0.2, -0.15) is 0 Å². The minimum atomic E-state index is -0.520. The third kappa shape index (κ3) is 4.37. The summed E-state index contributed by atoms with van der Waals surface area (Å²) in [4.78, 5) is 47.6. The van der Waals surface area contributed by atoms with Crippen LogP contribution >= 0.6 is 11.8 Å². The lowest BCUT2D eigenvalue weighted by Gasteiger charge is -2.14. The number of rotatable bonds is 6. The van der Waals surface area contributed by atoms with Gasteiger partial charge in [0.1, 0.15) is 5.65 Å². The number of methoxy groups -OCH3 is 1. The van der Waals surface area contributed by atoms with Crippen LogP contribution in [0.2, 0.25) is 0 Å². The summed E-state index contributed by atoms with van der Waals surface area (Å²) >= 11 is 1.28. The molecular formula is C27H20N4O6S. The zero-order valence-corrected chi connectivity index (χ0v) is 20.9. The van der Waals surface area contributed by atoms with Gasteiger partial charge in [-0.25, -0.2) is 14.8 Å². The fourth-order valence-electron chi connectivity index (χ4n) is 4.23. The van der Waals surface area contributed by atoms with Crippen molar-refractivity contribution in [1.29, 1.82) is 0 Å². The molecule has 4 heterocycles. The highest BCUT2D eigenvalue weighted by Crippen LogP contribution is 2.33. The van der Waals surface area contributed by atoms with Crippen molar-refractivity contribution in [2.75, 3.05) is 13.9 Å². The molecule has 1 aliphatic heterocycles. The van der Waals surface area contributed by atoms with E-state index in [4.69, 9.17) is 19.2 Å². The topological polar surface area (TPSA) is 114 Å². The van der Waals surface area contributed by atoms with Crippen molar-refractivity contribution in [2.24, 2.45) is 0 Å². The van der Waals surface area contributed by atoms with Crippen LogP contribution in [0.15, 0.2) is 81.6 Å². The molecule has 0 saturated carbocycles. The van der Waals surface area contributed by atoms with Crippen molar-refractivity contribution in [1.82, 2.24) is 18.9 Å². The number of fused-ring (bicyclic) bond motifs is 3. The van der Waals surface area contributed by atoms with Gasteiger partial charge in [0.05, 0.1) is 35.8 Å². The third-order valence-electron chi connectivity index (χ3n) is 6.09. The number of aromatic nitrogens is 4. The number of carbonyl (C=O) groups excluding carboxylic acids is 1. The van der Waals surface area contributed by atoms with Crippen molar-refractivity contribution >= 4 is 34.3 Å². The van der Waals surface area contributed by atoms with E-state index in [1.165, 1.54) is 35.4 Å². The molecule has 38 heavy (non-hydrogen) atoms. The molecule has 5 aromatic rings. The predicted molar refractivity (Wildman–Crippen MR) is 140 cm³/mol. The monoisotopic (exact) mass is 528 g/mol. The van der Waals surface area contributed by atoms with Crippen LogP contribution in [0.3, 0.4) is 0 Å². The van der Waals surface area contributed by atoms with Crippen LogP contribution in [0.5, 0.6) is 11.5 Å². The van der Waals surface area contributed by atoms with Crippen molar-refractivity contribution in [3.63, 3.8) is 0 Å². The van der Waals surface area contributed by atoms with Gasteiger partial charge in [-0.1, -0.05) is 23.9 Å². The van der Waals surface area contributed by atoms with Gasteiger partial charge >= 0.3 is 5.97 Å². The van der Waals surface area contributed by atoms with Crippen LogP contribution in [-0.2, 0) is 17.0 Å². The van der Waals surface area contributed by atoms with Crippen molar-refractivity contribution < 1.29 is 19.0 Å². The summed E-state index contributed by atoms with van der Waals surface area (Å²) in [7, 11) is 1.30. The highest BCUT2D eigenvalue weighted by molar-refractivity contribution is 7.98. The van der Waals surface area contributed by atoms with E-state index in [0.717, 1.165) is 5.56 Å². The summed E-state index contributed by atoms with van der Waals surface area (Å²) < 4.78 is 18.7. The Hall–Kier alpha value is -4.64. The first-order chi connectivity index (χ1) is 18.5. The number of hydrogen-bond acceptors (Lipinski definition) is 9. The van der Waals surface area contributed by atoms with Crippen LogP contribution in [-0.4, -0.2) is 38.8 Å². The van der Waals surface area contributed by atoms with Crippen LogP contribution in [0.1, 0.15) is 21.6 Å². The number of benzene rings is 2. The summed E-state index contributed by atoms with van der Waals surface area (Å²) in [5, 5.41) is 0.780. The lowest BCUT2D eigenvalue weighted by molar-refractivity contribution is 0.0601. The first kappa shape index (κ1) is 23.7. The van der Waals surface area contributed by atoms with E-state index in [2.05, 4.69) is 4.98 Å². The second kappa shape index (κ2) is 9.67. The Bertz CT molecular complexity index is 1850. The number of pyridine rings is 1. The number of nitrogens with zero attached hydrogens (tertiary/aromatic N) is 4. The van der Waals surface area contributed by atoms with Crippen molar-refractivity contribution in [3.05, 3.63) is 104 Å². The van der Waals surface area contributed by atoms with E-state index in [0.29, 0.717) is 50.2 Å². The molecule has 3 aromatic heterocycles. The van der Waals surface area contributed by atoms with Crippen molar-refractivity contribution in [3.8, 4) is 11.5 Å². The number of ether oxygens (including phenoxy) is 3. The van der Waals surface area contributed by atoms with Gasteiger partial charge in [0, 0.05) is 18.0 Å². The standard InChI is InChI=1S/C27H20N4O6S/c1-35-26(34)17-6-7-19-20(11-17)29-27(38-14-18-12-24(32)30-9-3-2-4-23(30)28-18)31(25(19)33)13-16-5-8-21-22(10-16)37-15-36-21/h2-12H,13-15H2,1H3. The molecular weight excluding hydrogens is 508 g/mol. The predicted octanol–water partition coefficient (Wildman–Crippen LogP) is 3.26. The molecule has 0 unspecified atom stereocenters. The maximum atomic E-state index is 13.6. The summed E-state index contributed by atoms with van der Waals surface area (Å²) in [6.07, 6.45) is 1.66. The summed E-state index contributed by atoms with van der Waals surface area (Å²) in [6.45, 7) is 0.381. The Morgan fingerprint density at radius 1 is 1.03 bits per heavy atom. The smallest absolute Gasteiger partial charge is 0.337 e. The molecule has 0 bridgehead atoms. The fraction of sp³-hybridized carbons (Fsp3) is 0.148. The summed E-state index contributed by atoms with van der Waals surface area (Å²) in [5.74, 6) is 1.04. The average molecular weight is 529 g/mol. The maximum absolute atomic E-state index is 13.6. The van der Waals surface area contributed by atoms with Gasteiger partial charge in [-0.3, -0.25) is 18.6 Å². The molecule has 0 fully saturated rings. The Labute approximate surface area is 219 Å². The molecule has 0 amide bonds. The van der Waals surface area contributed by atoms with Gasteiger partial charge in [-0.15, -0.1) is 0 Å². The normalized spacial score (nSPS) is 12.2. The molecule has 0 atom stereocenters. The zero-order chi connectivity index (χ0) is 26.2. The molecule has 0 N–H and O–H groups in total. The molecule has 190 valence electrons.